The highest BCUT2D eigenvalue weighted by molar-refractivity contribution is 7.60. The van der Waals surface area contributed by atoms with Crippen LogP contribution in [0.4, 0.5) is 10.2 Å². The van der Waals surface area contributed by atoms with Crippen LogP contribution in [0, 0.1) is 5.82 Å². The first-order valence-corrected chi connectivity index (χ1v) is 10.8. The molecular formula is C21H20FN2O6P. The van der Waals surface area contributed by atoms with Crippen LogP contribution in [0.15, 0.2) is 60.8 Å². The Bertz CT molecular complexity index is 1110. The standard InChI is InChI=1S/C21H20FN2O6P/c1-13(2)29-17-9-14(21(25)24-20-8-3-15(22)12-23-20)10-18(11-17)30-16-4-6-19(7-5-16)31(26,27)28/h3-13H,1-2H3,(H,23,24,25)(H2,26,27,28). The van der Waals surface area contributed by atoms with Gasteiger partial charge in [-0.15, -0.1) is 0 Å². The van der Waals surface area contributed by atoms with Crippen molar-refractivity contribution in [2.24, 2.45) is 0 Å². The molecule has 0 radical (unpaired) electrons. The first-order valence-electron chi connectivity index (χ1n) is 9.19. The van der Waals surface area contributed by atoms with E-state index in [0.29, 0.717) is 11.5 Å². The minimum absolute atomic E-state index is 0.136. The number of ether oxygens (including phenoxy) is 2. The van der Waals surface area contributed by atoms with E-state index >= 15 is 0 Å². The van der Waals surface area contributed by atoms with Crippen molar-refractivity contribution in [3.8, 4) is 17.2 Å². The third-order valence-electron chi connectivity index (χ3n) is 3.89. The van der Waals surface area contributed by atoms with Crippen LogP contribution in [0.5, 0.6) is 17.2 Å². The molecule has 0 unspecified atom stereocenters. The molecule has 8 nitrogen and oxygen atoms in total. The second kappa shape index (κ2) is 9.26. The summed E-state index contributed by atoms with van der Waals surface area (Å²) in [5.74, 6) is 0.124. The number of anilines is 1. The van der Waals surface area contributed by atoms with Gasteiger partial charge in [0.25, 0.3) is 5.91 Å². The van der Waals surface area contributed by atoms with Crippen molar-refractivity contribution >= 4 is 24.6 Å². The van der Waals surface area contributed by atoms with E-state index in [9.17, 15) is 23.5 Å². The minimum Gasteiger partial charge on any atom is -0.491 e. The smallest absolute Gasteiger partial charge is 0.356 e. The first-order chi connectivity index (χ1) is 14.6. The van der Waals surface area contributed by atoms with E-state index in [4.69, 9.17) is 9.47 Å². The summed E-state index contributed by atoms with van der Waals surface area (Å²) >= 11 is 0. The molecule has 2 aromatic carbocycles. The number of nitrogens with zero attached hydrogens (tertiary/aromatic N) is 1. The Morgan fingerprint density at radius 3 is 2.29 bits per heavy atom. The van der Waals surface area contributed by atoms with Crippen molar-refractivity contribution in [1.82, 2.24) is 4.98 Å². The fourth-order valence-electron chi connectivity index (χ4n) is 2.58. The zero-order chi connectivity index (χ0) is 22.6. The van der Waals surface area contributed by atoms with E-state index < -0.39 is 19.3 Å². The van der Waals surface area contributed by atoms with Gasteiger partial charge in [-0.2, -0.15) is 0 Å². The monoisotopic (exact) mass is 446 g/mol. The molecule has 1 aromatic heterocycles. The molecule has 1 amide bonds. The Morgan fingerprint density at radius 2 is 1.71 bits per heavy atom. The van der Waals surface area contributed by atoms with E-state index in [-0.39, 0.29) is 28.5 Å². The molecule has 0 aliphatic carbocycles. The molecule has 1 heterocycles. The van der Waals surface area contributed by atoms with E-state index in [0.717, 1.165) is 6.20 Å². The van der Waals surface area contributed by atoms with Gasteiger partial charge in [-0.25, -0.2) is 9.37 Å². The first kappa shape index (κ1) is 22.4. The lowest BCUT2D eigenvalue weighted by Gasteiger charge is -2.14. The lowest BCUT2D eigenvalue weighted by atomic mass is 10.2. The third kappa shape index (κ3) is 6.36. The number of amides is 1. The summed E-state index contributed by atoms with van der Waals surface area (Å²) in [5.41, 5.74) is 0.214. The van der Waals surface area contributed by atoms with Crippen LogP contribution >= 0.6 is 7.60 Å². The van der Waals surface area contributed by atoms with Gasteiger partial charge < -0.3 is 24.6 Å². The fourth-order valence-corrected chi connectivity index (χ4v) is 3.12. The maximum absolute atomic E-state index is 13.0. The van der Waals surface area contributed by atoms with E-state index in [2.05, 4.69) is 10.3 Å². The van der Waals surface area contributed by atoms with Gasteiger partial charge in [0.2, 0.25) is 0 Å². The summed E-state index contributed by atoms with van der Waals surface area (Å²) in [6.07, 6.45) is 0.830. The lowest BCUT2D eigenvalue weighted by Crippen LogP contribution is -2.14. The summed E-state index contributed by atoms with van der Waals surface area (Å²) in [6, 6.07) is 12.4. The molecule has 162 valence electrons. The quantitative estimate of drug-likeness (QED) is 0.472. The highest BCUT2D eigenvalue weighted by Crippen LogP contribution is 2.34. The van der Waals surface area contributed by atoms with Crippen molar-refractivity contribution < 1.29 is 33.0 Å². The average Bonchev–Trinajstić information content (AvgIpc) is 2.69. The number of halogens is 1. The molecule has 0 saturated heterocycles. The molecule has 0 fully saturated rings. The Labute approximate surface area is 177 Å². The SMILES string of the molecule is CC(C)Oc1cc(Oc2ccc(P(=O)(O)O)cc2)cc(C(=O)Nc2ccc(F)cn2)c1. The molecule has 0 aliphatic heterocycles. The van der Waals surface area contributed by atoms with Crippen LogP contribution in [-0.4, -0.2) is 26.8 Å². The Kier molecular flexibility index (Phi) is 6.70. The Hall–Kier alpha value is -3.26. The highest BCUT2D eigenvalue weighted by atomic mass is 31.2. The maximum atomic E-state index is 13.0. The fraction of sp³-hybridized carbons (Fsp3) is 0.143. The third-order valence-corrected chi connectivity index (χ3v) is 4.86. The summed E-state index contributed by atoms with van der Waals surface area (Å²) in [4.78, 5) is 34.9. The normalized spacial score (nSPS) is 11.3. The zero-order valence-corrected chi connectivity index (χ0v) is 17.5. The molecule has 3 rings (SSSR count). The molecule has 3 aromatic rings. The second-order valence-electron chi connectivity index (χ2n) is 6.82. The molecule has 10 heteroatoms. The largest absolute Gasteiger partial charge is 0.491 e. The van der Waals surface area contributed by atoms with Crippen LogP contribution in [0.2, 0.25) is 0 Å². The number of benzene rings is 2. The van der Waals surface area contributed by atoms with Gasteiger partial charge in [-0.05, 0) is 62.4 Å². The van der Waals surface area contributed by atoms with Gasteiger partial charge in [-0.1, -0.05) is 0 Å². The zero-order valence-electron chi connectivity index (χ0n) is 16.7. The van der Waals surface area contributed by atoms with Crippen molar-refractivity contribution in [2.45, 2.75) is 20.0 Å². The van der Waals surface area contributed by atoms with Crippen LogP contribution in [0.1, 0.15) is 24.2 Å². The van der Waals surface area contributed by atoms with Gasteiger partial charge in [0.1, 0.15) is 28.9 Å². The average molecular weight is 446 g/mol. The van der Waals surface area contributed by atoms with E-state index in [1.54, 1.807) is 6.07 Å². The molecule has 0 spiro atoms. The number of carbonyl (C=O) groups is 1. The maximum Gasteiger partial charge on any atom is 0.356 e. The van der Waals surface area contributed by atoms with Crippen molar-refractivity contribution in [1.29, 1.82) is 0 Å². The predicted octanol–water partition coefficient (Wildman–Crippen LogP) is 3.86. The molecule has 0 saturated carbocycles. The minimum atomic E-state index is -4.36. The highest BCUT2D eigenvalue weighted by Gasteiger charge is 2.17. The van der Waals surface area contributed by atoms with Crippen molar-refractivity contribution in [2.75, 3.05) is 5.32 Å². The van der Waals surface area contributed by atoms with Gasteiger partial charge in [-0.3, -0.25) is 9.36 Å². The molecule has 31 heavy (non-hydrogen) atoms. The topological polar surface area (TPSA) is 118 Å². The van der Waals surface area contributed by atoms with Gasteiger partial charge in [0.05, 0.1) is 17.6 Å². The lowest BCUT2D eigenvalue weighted by molar-refractivity contribution is 0.102. The van der Waals surface area contributed by atoms with E-state index in [1.807, 2.05) is 13.8 Å². The molecular weight excluding hydrogens is 426 g/mol. The molecule has 0 aliphatic rings. The number of rotatable bonds is 7. The summed E-state index contributed by atoms with van der Waals surface area (Å²) in [7, 11) is -4.36. The second-order valence-corrected chi connectivity index (χ2v) is 8.42. The predicted molar refractivity (Wildman–Crippen MR) is 113 cm³/mol. The summed E-state index contributed by atoms with van der Waals surface area (Å²) in [6.45, 7) is 3.66. The summed E-state index contributed by atoms with van der Waals surface area (Å²) < 4.78 is 35.8. The van der Waals surface area contributed by atoms with E-state index in [1.165, 1.54) is 48.5 Å². The summed E-state index contributed by atoms with van der Waals surface area (Å²) in [5, 5.41) is 2.43. The number of nitrogens with one attached hydrogen (secondary N) is 1. The van der Waals surface area contributed by atoms with Crippen molar-refractivity contribution in [3.63, 3.8) is 0 Å². The number of pyridine rings is 1. The number of hydrogen-bond acceptors (Lipinski definition) is 5. The van der Waals surface area contributed by atoms with Crippen LogP contribution < -0.4 is 20.1 Å². The molecule has 0 atom stereocenters. The number of hydrogen-bond donors (Lipinski definition) is 3. The number of aromatic nitrogens is 1. The van der Waals surface area contributed by atoms with Crippen LogP contribution in [0.3, 0.4) is 0 Å². The van der Waals surface area contributed by atoms with Crippen LogP contribution in [-0.2, 0) is 4.57 Å². The van der Waals surface area contributed by atoms with Gasteiger partial charge >= 0.3 is 7.60 Å². The molecule has 0 bridgehead atoms. The Balaban J connectivity index is 1.86. The Morgan fingerprint density at radius 1 is 1.03 bits per heavy atom. The van der Waals surface area contributed by atoms with Gasteiger partial charge in [0.15, 0.2) is 0 Å². The van der Waals surface area contributed by atoms with Gasteiger partial charge in [0, 0.05) is 11.6 Å². The van der Waals surface area contributed by atoms with Crippen molar-refractivity contribution in [3.05, 3.63) is 72.2 Å². The number of carbonyl (C=O) groups excluding carboxylic acids is 1. The van der Waals surface area contributed by atoms with Crippen LogP contribution in [0.25, 0.3) is 0 Å². The molecule has 3 N–H and O–H groups in total.